The van der Waals surface area contributed by atoms with Crippen LogP contribution in [0.2, 0.25) is 5.02 Å². The molecular formula is C6H7ClHgO2+. The zero-order valence-electron chi connectivity index (χ0n) is 5.34. The average Bonchev–Trinajstić information content (AvgIpc) is 1.77. The molecule has 1 rings (SSSR count). The van der Waals surface area contributed by atoms with Crippen molar-refractivity contribution in [1.82, 2.24) is 0 Å². The first-order valence-corrected chi connectivity index (χ1v) is 2.62. The quantitative estimate of drug-likeness (QED) is 0.705. The summed E-state index contributed by atoms with van der Waals surface area (Å²) in [7, 11) is 0. The van der Waals surface area contributed by atoms with Crippen molar-refractivity contribution in [3.8, 4) is 5.75 Å². The molecule has 1 aromatic carbocycles. The summed E-state index contributed by atoms with van der Waals surface area (Å²) in [6.45, 7) is 0. The molecule has 0 heterocycles. The Balaban J connectivity index is 0. The van der Waals surface area contributed by atoms with Crippen molar-refractivity contribution in [3.05, 3.63) is 29.3 Å². The molecule has 2 nitrogen and oxygen atoms in total. The molecule has 1 radical (unpaired) electrons. The van der Waals surface area contributed by atoms with Gasteiger partial charge in [-0.15, -0.1) is 0 Å². The Morgan fingerprint density at radius 3 is 2.00 bits per heavy atom. The molecule has 3 N–H and O–H groups in total. The fourth-order valence-corrected chi connectivity index (χ4v) is 0.587. The van der Waals surface area contributed by atoms with Crippen LogP contribution in [0.3, 0.4) is 0 Å². The van der Waals surface area contributed by atoms with Crippen molar-refractivity contribution in [2.24, 2.45) is 0 Å². The number of aromatic hydroxyl groups is 1. The van der Waals surface area contributed by atoms with Gasteiger partial charge in [0.25, 0.3) is 0 Å². The summed E-state index contributed by atoms with van der Waals surface area (Å²) in [5.41, 5.74) is 0. The van der Waals surface area contributed by atoms with Gasteiger partial charge in [0.2, 0.25) is 0 Å². The number of hydrogen-bond acceptors (Lipinski definition) is 1. The van der Waals surface area contributed by atoms with E-state index in [2.05, 4.69) is 0 Å². The zero-order chi connectivity index (χ0) is 5.98. The van der Waals surface area contributed by atoms with Crippen LogP contribution in [0.1, 0.15) is 0 Å². The third-order valence-corrected chi connectivity index (χ3v) is 1.17. The van der Waals surface area contributed by atoms with Crippen molar-refractivity contribution >= 4 is 11.6 Å². The molecule has 0 aliphatic heterocycles. The van der Waals surface area contributed by atoms with Gasteiger partial charge in [-0.25, -0.2) is 0 Å². The fraction of sp³-hybridized carbons (Fsp3) is 0. The molecule has 0 fully saturated rings. The Bertz CT molecular complexity index is 172. The monoisotopic (exact) mass is 348 g/mol. The number of rotatable bonds is 0. The summed E-state index contributed by atoms with van der Waals surface area (Å²) in [5, 5.41) is 9.18. The van der Waals surface area contributed by atoms with Gasteiger partial charge in [-0.2, -0.15) is 0 Å². The van der Waals surface area contributed by atoms with Gasteiger partial charge in [-0.3, -0.25) is 0 Å². The molecule has 0 aliphatic rings. The minimum absolute atomic E-state index is 0. The van der Waals surface area contributed by atoms with Crippen LogP contribution >= 0.6 is 11.6 Å². The van der Waals surface area contributed by atoms with Gasteiger partial charge in [-0.05, 0) is 12.1 Å². The van der Waals surface area contributed by atoms with Crippen molar-refractivity contribution in [3.63, 3.8) is 0 Å². The second-order valence-electron chi connectivity index (χ2n) is 1.45. The molecule has 0 saturated heterocycles. The van der Waals surface area contributed by atoms with Crippen LogP contribution in [0.5, 0.6) is 5.75 Å². The number of hydrogen-bond donors (Lipinski definition) is 1. The van der Waals surface area contributed by atoms with Crippen molar-refractivity contribution < 1.29 is 38.3 Å². The van der Waals surface area contributed by atoms with Crippen LogP contribution in [-0.4, -0.2) is 10.6 Å². The maximum atomic E-state index is 8.79. The van der Waals surface area contributed by atoms with E-state index in [0.717, 1.165) is 0 Å². The number of phenolic OH excluding ortho intramolecular Hbond substituents is 1. The molecule has 0 bridgehead atoms. The largest absolute Gasteiger partial charge is 1.00 e. The Morgan fingerprint density at radius 1 is 1.20 bits per heavy atom. The zero-order valence-corrected chi connectivity index (χ0v) is 11.6. The molecular weight excluding hydrogens is 340 g/mol. The van der Waals surface area contributed by atoms with Gasteiger partial charge in [0.15, 0.2) is 0 Å². The predicted molar refractivity (Wildman–Crippen MR) is 36.7 cm³/mol. The molecule has 0 amide bonds. The van der Waals surface area contributed by atoms with E-state index in [0.29, 0.717) is 5.02 Å². The first-order chi connectivity index (χ1) is 3.80. The molecule has 51 valence electrons. The summed E-state index contributed by atoms with van der Waals surface area (Å²) in [6.07, 6.45) is 0. The van der Waals surface area contributed by atoms with Crippen LogP contribution in [0.4, 0.5) is 0 Å². The Morgan fingerprint density at radius 2 is 1.70 bits per heavy atom. The second kappa shape index (κ2) is 5.95. The summed E-state index contributed by atoms with van der Waals surface area (Å²) in [4.78, 5) is 0. The predicted octanol–water partition coefficient (Wildman–Crippen LogP) is 1.22. The molecule has 0 spiro atoms. The summed E-state index contributed by atoms with van der Waals surface area (Å²) >= 11 is 5.46. The van der Waals surface area contributed by atoms with Gasteiger partial charge < -0.3 is 10.6 Å². The van der Waals surface area contributed by atoms with Crippen molar-refractivity contribution in [1.29, 1.82) is 0 Å². The first kappa shape index (κ1) is 12.8. The van der Waals surface area contributed by atoms with Gasteiger partial charge >= 0.3 is 27.7 Å². The van der Waals surface area contributed by atoms with Gasteiger partial charge in [0, 0.05) is 0 Å². The van der Waals surface area contributed by atoms with Gasteiger partial charge in [0.05, 0.1) is 5.02 Å². The van der Waals surface area contributed by atoms with E-state index in [1.54, 1.807) is 24.3 Å². The van der Waals surface area contributed by atoms with Crippen molar-refractivity contribution in [2.75, 3.05) is 0 Å². The number of phenols is 1. The van der Waals surface area contributed by atoms with Crippen LogP contribution < -0.4 is 0 Å². The standard InChI is InChI=1S/C6H5ClO.Hg.H2O/c7-5-3-1-2-4-6(5)8;;/h1-4,8H;;1H2/q;+1;. The molecule has 1 aromatic rings. The van der Waals surface area contributed by atoms with Crippen LogP contribution in [-0.2, 0) is 27.7 Å². The van der Waals surface area contributed by atoms with E-state index in [1.165, 1.54) is 0 Å². The molecule has 0 saturated carbocycles. The van der Waals surface area contributed by atoms with Crippen LogP contribution in [0.25, 0.3) is 0 Å². The minimum Gasteiger partial charge on any atom is -0.506 e. The summed E-state index contributed by atoms with van der Waals surface area (Å²) in [6, 6.07) is 6.67. The molecule has 10 heavy (non-hydrogen) atoms. The Labute approximate surface area is 84.6 Å². The van der Waals surface area contributed by atoms with E-state index in [1.807, 2.05) is 0 Å². The number of para-hydroxylation sites is 1. The third kappa shape index (κ3) is 3.39. The van der Waals surface area contributed by atoms with E-state index in [9.17, 15) is 0 Å². The topological polar surface area (TPSA) is 51.7 Å². The fourth-order valence-electron chi connectivity index (χ4n) is 0.452. The van der Waals surface area contributed by atoms with E-state index < -0.39 is 0 Å². The van der Waals surface area contributed by atoms with Crippen molar-refractivity contribution in [2.45, 2.75) is 0 Å². The Hall–Kier alpha value is 0.205. The number of benzene rings is 1. The maximum Gasteiger partial charge on any atom is 1.00 e. The van der Waals surface area contributed by atoms with E-state index in [-0.39, 0.29) is 38.9 Å². The second-order valence-corrected chi connectivity index (χ2v) is 1.86. The number of halogens is 1. The Kier molecular flexibility index (Phi) is 7.64. The van der Waals surface area contributed by atoms with E-state index >= 15 is 0 Å². The average molecular weight is 347 g/mol. The summed E-state index contributed by atoms with van der Waals surface area (Å²) < 4.78 is 0. The SMILES string of the molecule is O.Oc1ccccc1Cl.[Hg+]. The molecule has 0 atom stereocenters. The summed E-state index contributed by atoms with van der Waals surface area (Å²) in [5.74, 6) is 0.133. The third-order valence-electron chi connectivity index (χ3n) is 0.852. The molecule has 0 aromatic heterocycles. The smallest absolute Gasteiger partial charge is 0.506 e. The van der Waals surface area contributed by atoms with Gasteiger partial charge in [-0.1, -0.05) is 23.7 Å². The molecule has 0 aliphatic carbocycles. The van der Waals surface area contributed by atoms with Crippen LogP contribution in [0, 0.1) is 0 Å². The van der Waals surface area contributed by atoms with Crippen LogP contribution in [0.15, 0.2) is 24.3 Å². The minimum atomic E-state index is 0. The molecule has 0 unspecified atom stereocenters. The normalized spacial score (nSPS) is 7.30. The molecule has 4 heteroatoms. The first-order valence-electron chi connectivity index (χ1n) is 2.24. The van der Waals surface area contributed by atoms with Gasteiger partial charge in [0.1, 0.15) is 5.75 Å². The van der Waals surface area contributed by atoms with E-state index in [4.69, 9.17) is 16.7 Å². The maximum absolute atomic E-state index is 8.79.